The molecule has 1 nitrogen and oxygen atoms in total. The number of hydrogen-bond acceptors (Lipinski definition) is 1. The summed E-state index contributed by atoms with van der Waals surface area (Å²) < 4.78 is 5.95. The van der Waals surface area contributed by atoms with Gasteiger partial charge in [-0.25, -0.2) is 0 Å². The first-order chi connectivity index (χ1) is 15.3. The van der Waals surface area contributed by atoms with Gasteiger partial charge < -0.3 is 4.74 Å². The molecule has 0 spiro atoms. The van der Waals surface area contributed by atoms with Gasteiger partial charge in [0.15, 0.2) is 0 Å². The van der Waals surface area contributed by atoms with Crippen molar-refractivity contribution < 1.29 is 4.74 Å². The Labute approximate surface area is 192 Å². The zero-order chi connectivity index (χ0) is 21.0. The van der Waals surface area contributed by atoms with Crippen LogP contribution in [-0.2, 0) is 11.2 Å². The van der Waals surface area contributed by atoms with Crippen molar-refractivity contribution in [2.75, 3.05) is 6.61 Å². The van der Waals surface area contributed by atoms with E-state index in [9.17, 15) is 0 Å². The standard InChI is InChI=1S/C24H19Br.C5H6O/c25-19-12-8-17(9-13-19)21-7-3-5-18-11-14-22-20-6-2-1-4-16(20)10-15-23(22)24(18)21;1-2-4-6-5-3-1/h1-2,4,6,8-15,21H,3,5,7H2;1-4H,5H2. The molecule has 6 rings (SSSR count). The van der Waals surface area contributed by atoms with E-state index < -0.39 is 0 Å². The molecule has 2 heteroatoms. The molecule has 4 aromatic carbocycles. The summed E-state index contributed by atoms with van der Waals surface area (Å²) in [5.41, 5.74) is 4.52. The Balaban J connectivity index is 0.000000296. The number of fused-ring (bicyclic) bond motifs is 5. The van der Waals surface area contributed by atoms with Gasteiger partial charge in [-0.3, -0.25) is 0 Å². The topological polar surface area (TPSA) is 9.23 Å². The largest absolute Gasteiger partial charge is 0.497 e. The molecule has 0 aromatic heterocycles. The molecule has 1 atom stereocenters. The summed E-state index contributed by atoms with van der Waals surface area (Å²) in [7, 11) is 0. The molecule has 1 unspecified atom stereocenters. The number of ether oxygens (including phenoxy) is 1. The zero-order valence-electron chi connectivity index (χ0n) is 17.4. The Morgan fingerprint density at radius 2 is 1.61 bits per heavy atom. The van der Waals surface area contributed by atoms with Crippen molar-refractivity contribution in [1.29, 1.82) is 0 Å². The van der Waals surface area contributed by atoms with E-state index in [-0.39, 0.29) is 0 Å². The lowest BCUT2D eigenvalue weighted by Crippen LogP contribution is -2.11. The van der Waals surface area contributed by atoms with Gasteiger partial charge in [0.05, 0.1) is 6.26 Å². The molecule has 0 radical (unpaired) electrons. The minimum atomic E-state index is 0.502. The van der Waals surface area contributed by atoms with Crippen LogP contribution in [0.4, 0.5) is 0 Å². The first kappa shape index (κ1) is 20.1. The Morgan fingerprint density at radius 3 is 2.35 bits per heavy atom. The predicted molar refractivity (Wildman–Crippen MR) is 135 cm³/mol. The van der Waals surface area contributed by atoms with Crippen molar-refractivity contribution in [2.45, 2.75) is 25.2 Å². The van der Waals surface area contributed by atoms with Gasteiger partial charge in [0, 0.05) is 10.4 Å². The van der Waals surface area contributed by atoms with E-state index in [4.69, 9.17) is 4.74 Å². The third kappa shape index (κ3) is 4.18. The smallest absolute Gasteiger partial charge is 0.106 e. The van der Waals surface area contributed by atoms with Gasteiger partial charge in [-0.2, -0.15) is 0 Å². The van der Waals surface area contributed by atoms with Gasteiger partial charge in [-0.1, -0.05) is 82.7 Å². The van der Waals surface area contributed by atoms with E-state index in [2.05, 4.69) is 88.7 Å². The Hall–Kier alpha value is -2.84. The molecule has 0 saturated heterocycles. The van der Waals surface area contributed by atoms with Gasteiger partial charge in [-0.05, 0) is 81.8 Å². The highest BCUT2D eigenvalue weighted by molar-refractivity contribution is 9.10. The van der Waals surface area contributed by atoms with Crippen LogP contribution in [0.25, 0.3) is 21.5 Å². The minimum Gasteiger partial charge on any atom is -0.497 e. The normalized spacial score (nSPS) is 17.0. The molecule has 31 heavy (non-hydrogen) atoms. The minimum absolute atomic E-state index is 0.502. The average Bonchev–Trinajstić information content (AvgIpc) is 2.85. The third-order valence-electron chi connectivity index (χ3n) is 6.23. The van der Waals surface area contributed by atoms with Crippen LogP contribution in [0.2, 0.25) is 0 Å². The van der Waals surface area contributed by atoms with Crippen LogP contribution in [0.15, 0.2) is 102 Å². The Morgan fingerprint density at radius 1 is 0.774 bits per heavy atom. The fourth-order valence-electron chi connectivity index (χ4n) is 4.80. The van der Waals surface area contributed by atoms with Crippen LogP contribution in [0, 0.1) is 0 Å². The van der Waals surface area contributed by atoms with Crippen LogP contribution in [0.3, 0.4) is 0 Å². The molecule has 2 aliphatic rings. The van der Waals surface area contributed by atoms with Crippen molar-refractivity contribution in [3.63, 3.8) is 0 Å². The number of hydrogen-bond donors (Lipinski definition) is 0. The molecule has 0 saturated carbocycles. The molecule has 0 amide bonds. The molecule has 154 valence electrons. The molecular formula is C29H25BrO. The van der Waals surface area contributed by atoms with Crippen LogP contribution >= 0.6 is 15.9 Å². The summed E-state index contributed by atoms with van der Waals surface area (Å²) >= 11 is 3.57. The summed E-state index contributed by atoms with van der Waals surface area (Å²) in [6, 6.07) is 27.0. The first-order valence-corrected chi connectivity index (χ1v) is 11.7. The van der Waals surface area contributed by atoms with E-state index >= 15 is 0 Å². The predicted octanol–water partition coefficient (Wildman–Crippen LogP) is 8.31. The van der Waals surface area contributed by atoms with Crippen molar-refractivity contribution in [1.82, 2.24) is 0 Å². The zero-order valence-corrected chi connectivity index (χ0v) is 19.0. The fraction of sp³-hybridized carbons (Fsp3) is 0.172. The molecule has 0 fully saturated rings. The van der Waals surface area contributed by atoms with E-state index in [1.807, 2.05) is 18.2 Å². The lowest BCUT2D eigenvalue weighted by Gasteiger charge is -2.28. The highest BCUT2D eigenvalue weighted by atomic mass is 79.9. The quantitative estimate of drug-likeness (QED) is 0.255. The summed E-state index contributed by atoms with van der Waals surface area (Å²) in [6.45, 7) is 0.733. The molecule has 1 heterocycles. The maximum absolute atomic E-state index is 4.80. The number of halogens is 1. The van der Waals surface area contributed by atoms with E-state index in [0.29, 0.717) is 5.92 Å². The highest BCUT2D eigenvalue weighted by Gasteiger charge is 2.24. The van der Waals surface area contributed by atoms with Crippen LogP contribution < -0.4 is 0 Å². The second kappa shape index (κ2) is 9.11. The third-order valence-corrected chi connectivity index (χ3v) is 6.76. The van der Waals surface area contributed by atoms with E-state index in [0.717, 1.165) is 11.1 Å². The molecule has 4 aromatic rings. The fourth-order valence-corrected chi connectivity index (χ4v) is 5.07. The molecule has 1 aliphatic heterocycles. The summed E-state index contributed by atoms with van der Waals surface area (Å²) in [4.78, 5) is 0. The van der Waals surface area contributed by atoms with Gasteiger partial charge in [0.2, 0.25) is 0 Å². The van der Waals surface area contributed by atoms with Crippen LogP contribution in [0.1, 0.15) is 35.4 Å². The van der Waals surface area contributed by atoms with Gasteiger partial charge in [0.25, 0.3) is 0 Å². The van der Waals surface area contributed by atoms with Crippen molar-refractivity contribution in [2.24, 2.45) is 0 Å². The maximum Gasteiger partial charge on any atom is 0.106 e. The van der Waals surface area contributed by atoms with Gasteiger partial charge in [0.1, 0.15) is 6.61 Å². The maximum atomic E-state index is 4.80. The summed E-state index contributed by atoms with van der Waals surface area (Å²) in [5.74, 6) is 0.502. The molecule has 1 aliphatic carbocycles. The second-order valence-electron chi connectivity index (χ2n) is 8.11. The average molecular weight is 469 g/mol. The number of aryl methyl sites for hydroxylation is 1. The molecule has 0 bridgehead atoms. The van der Waals surface area contributed by atoms with E-state index in [1.165, 1.54) is 51.9 Å². The molecule has 0 N–H and O–H groups in total. The van der Waals surface area contributed by atoms with Crippen molar-refractivity contribution >= 4 is 37.5 Å². The first-order valence-electron chi connectivity index (χ1n) is 10.9. The number of allylic oxidation sites excluding steroid dienone is 2. The van der Waals surface area contributed by atoms with Crippen molar-refractivity contribution in [3.05, 3.63) is 118 Å². The lowest BCUT2D eigenvalue weighted by molar-refractivity contribution is 0.286. The lowest BCUT2D eigenvalue weighted by atomic mass is 9.76. The van der Waals surface area contributed by atoms with Gasteiger partial charge >= 0.3 is 0 Å². The van der Waals surface area contributed by atoms with Crippen LogP contribution in [-0.4, -0.2) is 6.61 Å². The van der Waals surface area contributed by atoms with E-state index in [1.54, 1.807) is 11.8 Å². The SMILES string of the molecule is Brc1ccc(C2CCCc3ccc4c(ccc5ccccc54)c32)cc1.C1=CCOC=C1. The van der Waals surface area contributed by atoms with Gasteiger partial charge in [-0.15, -0.1) is 0 Å². The number of benzene rings is 4. The Kier molecular flexibility index (Phi) is 5.90. The van der Waals surface area contributed by atoms with Crippen molar-refractivity contribution in [3.8, 4) is 0 Å². The summed E-state index contributed by atoms with van der Waals surface area (Å²) in [6.07, 6.45) is 11.2. The van der Waals surface area contributed by atoms with Crippen LogP contribution in [0.5, 0.6) is 0 Å². The summed E-state index contributed by atoms with van der Waals surface area (Å²) in [5, 5.41) is 5.51. The Bertz CT molecular complexity index is 1260. The highest BCUT2D eigenvalue weighted by Crippen LogP contribution is 2.42. The monoisotopic (exact) mass is 468 g/mol. The second-order valence-corrected chi connectivity index (χ2v) is 9.02. The molecular weight excluding hydrogens is 444 g/mol. The number of rotatable bonds is 1.